The molecule has 0 aliphatic rings. The van der Waals surface area contributed by atoms with Gasteiger partial charge in [-0.2, -0.15) is 13.2 Å². The molecule has 1 aromatic heterocycles. The summed E-state index contributed by atoms with van der Waals surface area (Å²) in [7, 11) is 3.43. The fraction of sp³-hybridized carbons (Fsp3) is 0.360. The number of rotatable bonds is 8. The van der Waals surface area contributed by atoms with Gasteiger partial charge >= 0.3 is 12.1 Å². The van der Waals surface area contributed by atoms with Crippen molar-refractivity contribution < 1.29 is 32.5 Å². The van der Waals surface area contributed by atoms with Crippen molar-refractivity contribution >= 4 is 5.97 Å². The highest BCUT2D eigenvalue weighted by atomic mass is 19.4. The number of hydrogen-bond acceptors (Lipinski definition) is 4. The number of aromatic nitrogens is 2. The minimum absolute atomic E-state index is 0.542. The number of hydrogen-bond donors (Lipinski definition) is 1. The van der Waals surface area contributed by atoms with Gasteiger partial charge in [-0.25, -0.2) is 9.78 Å². The van der Waals surface area contributed by atoms with E-state index in [0.29, 0.717) is 5.92 Å². The third-order valence-corrected chi connectivity index (χ3v) is 4.97. The van der Waals surface area contributed by atoms with E-state index in [9.17, 15) is 13.2 Å². The van der Waals surface area contributed by atoms with Crippen LogP contribution in [0.1, 0.15) is 25.1 Å². The predicted octanol–water partition coefficient (Wildman–Crippen LogP) is 5.64. The number of para-hydroxylation sites is 2. The third-order valence-electron chi connectivity index (χ3n) is 4.97. The van der Waals surface area contributed by atoms with Gasteiger partial charge in [0.1, 0.15) is 11.5 Å². The van der Waals surface area contributed by atoms with E-state index in [-0.39, 0.29) is 0 Å². The van der Waals surface area contributed by atoms with E-state index in [1.54, 1.807) is 14.2 Å². The Morgan fingerprint density at radius 3 is 2.15 bits per heavy atom. The quantitative estimate of drug-likeness (QED) is 0.454. The largest absolute Gasteiger partial charge is 0.496 e. The Morgan fingerprint density at radius 1 is 1.03 bits per heavy atom. The second kappa shape index (κ2) is 12.1. The fourth-order valence-corrected chi connectivity index (χ4v) is 3.42. The molecule has 3 aromatic rings. The maximum Gasteiger partial charge on any atom is 0.490 e. The zero-order valence-electron chi connectivity index (χ0n) is 19.6. The van der Waals surface area contributed by atoms with Crippen molar-refractivity contribution in [1.29, 1.82) is 0 Å². The Morgan fingerprint density at radius 2 is 1.59 bits per heavy atom. The highest BCUT2D eigenvalue weighted by molar-refractivity contribution is 5.73. The first-order valence-corrected chi connectivity index (χ1v) is 10.7. The molecule has 0 saturated carbocycles. The van der Waals surface area contributed by atoms with Crippen LogP contribution in [0.15, 0.2) is 54.9 Å². The summed E-state index contributed by atoms with van der Waals surface area (Å²) in [6, 6.07) is 16.3. The minimum atomic E-state index is -5.08. The smallest absolute Gasteiger partial charge is 0.490 e. The van der Waals surface area contributed by atoms with Crippen LogP contribution in [0.25, 0.3) is 11.3 Å². The van der Waals surface area contributed by atoms with Crippen molar-refractivity contribution in [3.8, 4) is 22.8 Å². The van der Waals surface area contributed by atoms with Gasteiger partial charge < -0.3 is 19.1 Å². The van der Waals surface area contributed by atoms with Crippen molar-refractivity contribution in [3.63, 3.8) is 0 Å². The minimum Gasteiger partial charge on any atom is -0.496 e. The molecule has 1 N–H and O–H groups in total. The number of aryl methyl sites for hydroxylation is 2. The molecule has 3 rings (SSSR count). The summed E-state index contributed by atoms with van der Waals surface area (Å²) in [5, 5.41) is 7.12. The molecular formula is C25H29F3N2O4. The lowest BCUT2D eigenvalue weighted by atomic mass is 10.0. The molecule has 1 heterocycles. The van der Waals surface area contributed by atoms with Gasteiger partial charge in [0.25, 0.3) is 0 Å². The van der Waals surface area contributed by atoms with Crippen LogP contribution in [0.3, 0.4) is 0 Å². The van der Waals surface area contributed by atoms with Gasteiger partial charge in [-0.1, -0.05) is 44.2 Å². The summed E-state index contributed by atoms with van der Waals surface area (Å²) in [5.41, 5.74) is 4.53. The van der Waals surface area contributed by atoms with Crippen molar-refractivity contribution in [2.45, 2.75) is 39.4 Å². The fourth-order valence-electron chi connectivity index (χ4n) is 3.42. The van der Waals surface area contributed by atoms with Gasteiger partial charge in [0.2, 0.25) is 0 Å². The Balaban J connectivity index is 0.000000509. The monoisotopic (exact) mass is 478 g/mol. The van der Waals surface area contributed by atoms with E-state index < -0.39 is 12.1 Å². The van der Waals surface area contributed by atoms with Crippen LogP contribution in [0.2, 0.25) is 0 Å². The number of ether oxygens (including phenoxy) is 2. The SMILES string of the molecule is COc1ccccc1CCn1cnc(-c2ccccc2OC)c1CC(C)C.O=C(O)C(F)(F)F. The maximum atomic E-state index is 10.6. The first-order chi connectivity index (χ1) is 16.1. The lowest BCUT2D eigenvalue weighted by Gasteiger charge is -2.14. The summed E-state index contributed by atoms with van der Waals surface area (Å²) in [5.74, 6) is -0.418. The van der Waals surface area contributed by atoms with Crippen LogP contribution in [0, 0.1) is 5.92 Å². The van der Waals surface area contributed by atoms with Crippen LogP contribution in [-0.2, 0) is 24.2 Å². The van der Waals surface area contributed by atoms with Crippen LogP contribution in [-0.4, -0.2) is 41.0 Å². The van der Waals surface area contributed by atoms with Gasteiger partial charge in [-0.05, 0) is 42.5 Å². The first-order valence-electron chi connectivity index (χ1n) is 10.7. The summed E-state index contributed by atoms with van der Waals surface area (Å²) in [4.78, 5) is 13.7. The van der Waals surface area contributed by atoms with E-state index in [1.165, 1.54) is 11.3 Å². The number of nitrogens with zero attached hydrogens (tertiary/aromatic N) is 2. The van der Waals surface area contributed by atoms with Crippen molar-refractivity contribution in [1.82, 2.24) is 9.55 Å². The number of alkyl halides is 3. The number of carboxylic acid groups (broad SMARTS) is 1. The average Bonchev–Trinajstić information content (AvgIpc) is 3.19. The van der Waals surface area contributed by atoms with Crippen LogP contribution in [0.4, 0.5) is 13.2 Å². The van der Waals surface area contributed by atoms with Gasteiger partial charge in [0, 0.05) is 17.8 Å². The summed E-state index contributed by atoms with van der Waals surface area (Å²) in [6.07, 6.45) is -1.26. The van der Waals surface area contributed by atoms with E-state index in [1.807, 2.05) is 36.7 Å². The van der Waals surface area contributed by atoms with E-state index in [4.69, 9.17) is 24.4 Å². The number of benzene rings is 2. The van der Waals surface area contributed by atoms with Crippen LogP contribution in [0.5, 0.6) is 11.5 Å². The molecule has 0 radical (unpaired) electrons. The Labute approximate surface area is 197 Å². The molecule has 0 saturated heterocycles. The van der Waals surface area contributed by atoms with Crippen molar-refractivity contribution in [2.24, 2.45) is 5.92 Å². The van der Waals surface area contributed by atoms with Crippen molar-refractivity contribution in [2.75, 3.05) is 14.2 Å². The molecule has 0 spiro atoms. The average molecular weight is 479 g/mol. The molecule has 0 aliphatic carbocycles. The van der Waals surface area contributed by atoms with E-state index in [0.717, 1.165) is 42.1 Å². The number of aliphatic carboxylic acids is 1. The molecule has 6 nitrogen and oxygen atoms in total. The zero-order valence-corrected chi connectivity index (χ0v) is 19.6. The van der Waals surface area contributed by atoms with Crippen molar-refractivity contribution in [3.05, 3.63) is 66.1 Å². The maximum absolute atomic E-state index is 10.6. The van der Waals surface area contributed by atoms with Crippen LogP contribution >= 0.6 is 0 Å². The lowest BCUT2D eigenvalue weighted by Crippen LogP contribution is -2.21. The molecule has 0 atom stereocenters. The number of methoxy groups -OCH3 is 2. The highest BCUT2D eigenvalue weighted by Crippen LogP contribution is 2.32. The van der Waals surface area contributed by atoms with E-state index in [2.05, 4.69) is 36.6 Å². The first kappa shape index (κ1) is 26.8. The summed E-state index contributed by atoms with van der Waals surface area (Å²) >= 11 is 0. The second-order valence-electron chi connectivity index (χ2n) is 7.90. The standard InChI is InChI=1S/C23H28N2O2.C2HF3O2/c1-17(2)15-20-23(19-10-6-8-12-22(19)27-4)24-16-25(20)14-13-18-9-5-7-11-21(18)26-3;3-2(4,5)1(6)7/h5-12,16-17H,13-15H2,1-4H3;(H,6,7). The van der Waals surface area contributed by atoms with E-state index >= 15 is 0 Å². The number of halogens is 3. The number of carboxylic acids is 1. The Bertz CT molecular complexity index is 1080. The number of imidazole rings is 1. The van der Waals surface area contributed by atoms with Crippen LogP contribution < -0.4 is 9.47 Å². The topological polar surface area (TPSA) is 73.6 Å². The van der Waals surface area contributed by atoms with Gasteiger partial charge in [-0.3, -0.25) is 0 Å². The highest BCUT2D eigenvalue weighted by Gasteiger charge is 2.38. The molecule has 0 aliphatic heterocycles. The molecule has 0 fully saturated rings. The Kier molecular flexibility index (Phi) is 9.53. The zero-order chi connectivity index (χ0) is 25.3. The molecule has 0 amide bonds. The lowest BCUT2D eigenvalue weighted by molar-refractivity contribution is -0.192. The second-order valence-corrected chi connectivity index (χ2v) is 7.90. The molecule has 2 aromatic carbocycles. The molecule has 34 heavy (non-hydrogen) atoms. The van der Waals surface area contributed by atoms with Gasteiger partial charge in [-0.15, -0.1) is 0 Å². The third kappa shape index (κ3) is 7.26. The molecule has 0 bridgehead atoms. The molecule has 0 unspecified atom stereocenters. The van der Waals surface area contributed by atoms with Gasteiger partial charge in [0.15, 0.2) is 0 Å². The van der Waals surface area contributed by atoms with Gasteiger partial charge in [0.05, 0.1) is 26.2 Å². The molecule has 9 heteroatoms. The summed E-state index contributed by atoms with van der Waals surface area (Å²) < 4.78 is 45.1. The predicted molar refractivity (Wildman–Crippen MR) is 123 cm³/mol. The molecule has 184 valence electrons. The Hall–Kier alpha value is -3.49. The summed E-state index contributed by atoms with van der Waals surface area (Å²) in [6.45, 7) is 5.34. The number of carbonyl (C=O) groups is 1. The normalized spacial score (nSPS) is 11.1. The molecular weight excluding hydrogens is 449 g/mol.